The van der Waals surface area contributed by atoms with Crippen LogP contribution in [0, 0.1) is 0 Å². The van der Waals surface area contributed by atoms with Crippen molar-refractivity contribution in [3.63, 3.8) is 0 Å². The van der Waals surface area contributed by atoms with Gasteiger partial charge < -0.3 is 10.6 Å². The van der Waals surface area contributed by atoms with Gasteiger partial charge in [-0.05, 0) is 29.9 Å². The van der Waals surface area contributed by atoms with Crippen molar-refractivity contribution >= 4 is 11.8 Å². The summed E-state index contributed by atoms with van der Waals surface area (Å²) >= 11 is 0. The fraction of sp³-hybridized carbons (Fsp3) is 0.533. The average molecular weight is 275 g/mol. The second-order valence-corrected chi connectivity index (χ2v) is 6.14. The third-order valence-electron chi connectivity index (χ3n) is 3.45. The van der Waals surface area contributed by atoms with Crippen LogP contribution >= 0.6 is 0 Å². The molecule has 1 aromatic heterocycles. The number of aromatic nitrogens is 1. The van der Waals surface area contributed by atoms with Crippen LogP contribution in [0.2, 0.25) is 0 Å². The Balaban J connectivity index is 2.04. The summed E-state index contributed by atoms with van der Waals surface area (Å²) in [6, 6.07) is 3.17. The summed E-state index contributed by atoms with van der Waals surface area (Å²) in [5, 5.41) is 5.47. The minimum Gasteiger partial charge on any atom is -0.354 e. The van der Waals surface area contributed by atoms with Gasteiger partial charge in [0.15, 0.2) is 0 Å². The fourth-order valence-electron chi connectivity index (χ4n) is 2.11. The quantitative estimate of drug-likeness (QED) is 0.856. The largest absolute Gasteiger partial charge is 0.354 e. The van der Waals surface area contributed by atoms with Crippen LogP contribution in [-0.4, -0.2) is 29.4 Å². The Kier molecular flexibility index (Phi) is 4.06. The molecule has 1 atom stereocenters. The van der Waals surface area contributed by atoms with Crippen LogP contribution in [0.25, 0.3) is 0 Å². The maximum Gasteiger partial charge on any atom is 0.270 e. The standard InChI is InChI=1S/C15H21N3O2/c1-15(2,3)10-6-7-11(17-9-10)14(20)18-12-5-4-8-16-13(12)19/h6-7,9,12H,4-5,8H2,1-3H3,(H,16,19)(H,18,20). The fourth-order valence-corrected chi connectivity index (χ4v) is 2.11. The van der Waals surface area contributed by atoms with Gasteiger partial charge in [0.05, 0.1) is 0 Å². The number of rotatable bonds is 2. The molecule has 0 spiro atoms. The van der Waals surface area contributed by atoms with Gasteiger partial charge in [-0.3, -0.25) is 14.6 Å². The highest BCUT2D eigenvalue weighted by molar-refractivity contribution is 5.96. The van der Waals surface area contributed by atoms with Gasteiger partial charge in [-0.2, -0.15) is 0 Å². The van der Waals surface area contributed by atoms with E-state index in [4.69, 9.17) is 0 Å². The van der Waals surface area contributed by atoms with Crippen LogP contribution in [0.5, 0.6) is 0 Å². The third kappa shape index (κ3) is 3.35. The maximum absolute atomic E-state index is 12.1. The number of hydrogen-bond donors (Lipinski definition) is 2. The normalized spacial score (nSPS) is 19.4. The van der Waals surface area contributed by atoms with E-state index in [1.807, 2.05) is 6.07 Å². The molecule has 0 bridgehead atoms. The molecular formula is C15H21N3O2. The predicted molar refractivity (Wildman–Crippen MR) is 76.4 cm³/mol. The molecule has 0 aromatic carbocycles. The smallest absolute Gasteiger partial charge is 0.270 e. The van der Waals surface area contributed by atoms with E-state index < -0.39 is 6.04 Å². The maximum atomic E-state index is 12.1. The van der Waals surface area contributed by atoms with Gasteiger partial charge in [-0.1, -0.05) is 26.8 Å². The number of carbonyl (C=O) groups is 2. The SMILES string of the molecule is CC(C)(C)c1ccc(C(=O)NC2CCCNC2=O)nc1. The zero-order valence-corrected chi connectivity index (χ0v) is 12.2. The first-order valence-electron chi connectivity index (χ1n) is 6.93. The molecule has 5 heteroatoms. The van der Waals surface area contributed by atoms with E-state index in [0.29, 0.717) is 18.7 Å². The van der Waals surface area contributed by atoms with Crippen LogP contribution in [0.4, 0.5) is 0 Å². The molecule has 2 heterocycles. The van der Waals surface area contributed by atoms with Crippen LogP contribution < -0.4 is 10.6 Å². The number of hydrogen-bond acceptors (Lipinski definition) is 3. The van der Waals surface area contributed by atoms with Gasteiger partial charge in [-0.15, -0.1) is 0 Å². The third-order valence-corrected chi connectivity index (χ3v) is 3.45. The molecule has 108 valence electrons. The van der Waals surface area contributed by atoms with Crippen molar-refractivity contribution in [3.8, 4) is 0 Å². The lowest BCUT2D eigenvalue weighted by Gasteiger charge is -2.23. The molecular weight excluding hydrogens is 254 g/mol. The Hall–Kier alpha value is -1.91. The molecule has 0 aliphatic carbocycles. The van der Waals surface area contributed by atoms with Crippen molar-refractivity contribution in [2.45, 2.75) is 45.1 Å². The summed E-state index contributed by atoms with van der Waals surface area (Å²) in [4.78, 5) is 27.9. The number of carbonyl (C=O) groups excluding carboxylic acids is 2. The van der Waals surface area contributed by atoms with Crippen molar-refractivity contribution in [1.82, 2.24) is 15.6 Å². The van der Waals surface area contributed by atoms with E-state index in [9.17, 15) is 9.59 Å². The minimum absolute atomic E-state index is 0.00522. The molecule has 2 amide bonds. The summed E-state index contributed by atoms with van der Waals surface area (Å²) < 4.78 is 0. The predicted octanol–water partition coefficient (Wildman–Crippen LogP) is 1.39. The van der Waals surface area contributed by atoms with E-state index >= 15 is 0 Å². The molecule has 1 aliphatic heterocycles. The zero-order chi connectivity index (χ0) is 14.8. The van der Waals surface area contributed by atoms with Crippen molar-refractivity contribution in [3.05, 3.63) is 29.6 Å². The number of pyridine rings is 1. The molecule has 0 radical (unpaired) electrons. The minimum atomic E-state index is -0.444. The molecule has 2 N–H and O–H groups in total. The summed E-state index contributed by atoms with van der Waals surface area (Å²) in [5.41, 5.74) is 1.42. The topological polar surface area (TPSA) is 71.1 Å². The summed E-state index contributed by atoms with van der Waals surface area (Å²) in [6.07, 6.45) is 3.28. The van der Waals surface area contributed by atoms with Gasteiger partial charge in [0, 0.05) is 12.7 Å². The lowest BCUT2D eigenvalue weighted by atomic mass is 9.88. The lowest BCUT2D eigenvalue weighted by molar-refractivity contribution is -0.124. The second-order valence-electron chi connectivity index (χ2n) is 6.14. The molecule has 1 aromatic rings. The Morgan fingerprint density at radius 2 is 2.15 bits per heavy atom. The van der Waals surface area contributed by atoms with Crippen LogP contribution in [0.15, 0.2) is 18.3 Å². The number of nitrogens with zero attached hydrogens (tertiary/aromatic N) is 1. The van der Waals surface area contributed by atoms with Gasteiger partial charge in [0.1, 0.15) is 11.7 Å². The summed E-state index contributed by atoms with van der Waals surface area (Å²) in [7, 11) is 0. The molecule has 2 rings (SSSR count). The van der Waals surface area contributed by atoms with Crippen molar-refractivity contribution in [2.75, 3.05) is 6.54 Å². The van der Waals surface area contributed by atoms with Crippen molar-refractivity contribution < 1.29 is 9.59 Å². The molecule has 1 unspecified atom stereocenters. The van der Waals surface area contributed by atoms with Crippen molar-refractivity contribution in [2.24, 2.45) is 0 Å². The Bertz CT molecular complexity index is 503. The number of amides is 2. The van der Waals surface area contributed by atoms with E-state index in [1.165, 1.54) is 0 Å². The van der Waals surface area contributed by atoms with Crippen LogP contribution in [0.1, 0.15) is 49.7 Å². The first-order chi connectivity index (χ1) is 9.38. The summed E-state index contributed by atoms with van der Waals surface area (Å²) in [5.74, 6) is -0.413. The number of piperidine rings is 1. The highest BCUT2D eigenvalue weighted by Crippen LogP contribution is 2.21. The first-order valence-corrected chi connectivity index (χ1v) is 6.93. The van der Waals surface area contributed by atoms with E-state index in [-0.39, 0.29) is 17.2 Å². The van der Waals surface area contributed by atoms with Crippen LogP contribution in [-0.2, 0) is 10.2 Å². The first kappa shape index (κ1) is 14.5. The highest BCUT2D eigenvalue weighted by atomic mass is 16.2. The summed E-state index contributed by atoms with van der Waals surface area (Å²) in [6.45, 7) is 6.96. The van der Waals surface area contributed by atoms with E-state index in [1.54, 1.807) is 12.3 Å². The van der Waals surface area contributed by atoms with Gasteiger partial charge >= 0.3 is 0 Å². The number of nitrogens with one attached hydrogen (secondary N) is 2. The molecule has 1 aliphatic rings. The molecule has 1 saturated heterocycles. The van der Waals surface area contributed by atoms with Gasteiger partial charge in [0.2, 0.25) is 5.91 Å². The van der Waals surface area contributed by atoms with E-state index in [0.717, 1.165) is 12.0 Å². The van der Waals surface area contributed by atoms with Gasteiger partial charge in [-0.25, -0.2) is 0 Å². The molecule has 5 nitrogen and oxygen atoms in total. The lowest BCUT2D eigenvalue weighted by Crippen LogP contribution is -2.50. The Morgan fingerprint density at radius 3 is 2.70 bits per heavy atom. The van der Waals surface area contributed by atoms with Gasteiger partial charge in [0.25, 0.3) is 5.91 Å². The molecule has 20 heavy (non-hydrogen) atoms. The van der Waals surface area contributed by atoms with Crippen LogP contribution in [0.3, 0.4) is 0 Å². The molecule has 1 fully saturated rings. The Morgan fingerprint density at radius 1 is 1.40 bits per heavy atom. The average Bonchev–Trinajstić information content (AvgIpc) is 2.40. The Labute approximate surface area is 119 Å². The second kappa shape index (κ2) is 5.61. The highest BCUT2D eigenvalue weighted by Gasteiger charge is 2.24. The van der Waals surface area contributed by atoms with E-state index in [2.05, 4.69) is 36.4 Å². The van der Waals surface area contributed by atoms with Crippen molar-refractivity contribution in [1.29, 1.82) is 0 Å². The molecule has 0 saturated carbocycles. The monoisotopic (exact) mass is 275 g/mol. The zero-order valence-electron chi connectivity index (χ0n) is 12.2.